The number of nitrogens with one attached hydrogen (secondary N) is 3. The molecule has 3 saturated heterocycles. The van der Waals surface area contributed by atoms with Crippen molar-refractivity contribution in [3.8, 4) is 0 Å². The average molecular weight is 1130 g/mol. The molecule has 3 N–H and O–H groups in total. The first-order valence-electron chi connectivity index (χ1n) is 27.8. The predicted octanol–water partition coefficient (Wildman–Crippen LogP) is 13.6. The van der Waals surface area contributed by atoms with E-state index in [1.165, 1.54) is 30.7 Å². The van der Waals surface area contributed by atoms with Gasteiger partial charge in [-0.1, -0.05) is 57.2 Å². The third-order valence-corrected chi connectivity index (χ3v) is 15.7. The zero-order valence-corrected chi connectivity index (χ0v) is 45.3. The van der Waals surface area contributed by atoms with Crippen LogP contribution in [0.3, 0.4) is 0 Å². The number of fused-ring (bicyclic) bond motifs is 3. The lowest BCUT2D eigenvalue weighted by Crippen LogP contribution is -2.48. The standard InChI is InChI=1S/2C20H22F3N3O.C16H17F3N2.C4H5NO/c2*1-12-9-13(11-26(10-12)19(27)25-14-4-5-14)15-6-7-17(20(21,22)23)18-16(15)3-2-8-24-18;1-10-7-11(9-20-8-10)12-4-5-14(16(17,18)19)15-13(12)3-2-6-21-15;6-3-5-4-1-2-4/h2*2-3,6-8,12-14H,4-5,9-11H2,1H3,(H,25,27);2-6,10-11,20H,7-9H2,1H3;4H,1-2H2/t12-,13?;12-,13-;;/m11../s1. The highest BCUT2D eigenvalue weighted by Gasteiger charge is 2.39. The van der Waals surface area contributed by atoms with E-state index in [-0.39, 0.29) is 70.3 Å². The number of aromatic nitrogens is 3. The molecule has 0 radical (unpaired) electrons. The summed E-state index contributed by atoms with van der Waals surface area (Å²) in [5.41, 5.74) is 0.570. The number of likely N-dealkylation sites (tertiary alicyclic amines) is 2. The largest absolute Gasteiger partial charge is 0.418 e. The Labute approximate surface area is 463 Å². The Morgan fingerprint density at radius 3 is 1.21 bits per heavy atom. The lowest BCUT2D eigenvalue weighted by Gasteiger charge is -2.37. The van der Waals surface area contributed by atoms with E-state index in [1.54, 1.807) is 64.4 Å². The Morgan fingerprint density at radius 1 is 0.519 bits per heavy atom. The van der Waals surface area contributed by atoms with Crippen LogP contribution in [0.4, 0.5) is 49.1 Å². The number of amides is 4. The summed E-state index contributed by atoms with van der Waals surface area (Å²) in [5.74, 6) is 1.31. The number of halogens is 9. The van der Waals surface area contributed by atoms with Crippen molar-refractivity contribution in [3.05, 3.63) is 125 Å². The van der Waals surface area contributed by atoms with Crippen LogP contribution in [0.15, 0.2) is 96.4 Å². The van der Waals surface area contributed by atoms with Crippen LogP contribution in [-0.4, -0.2) is 100 Å². The lowest BCUT2D eigenvalue weighted by atomic mass is 9.83. The second-order valence-electron chi connectivity index (χ2n) is 22.8. The van der Waals surface area contributed by atoms with Crippen LogP contribution < -0.4 is 16.0 Å². The molecule has 432 valence electrons. The van der Waals surface area contributed by atoms with Crippen LogP contribution in [0.5, 0.6) is 0 Å². The lowest BCUT2D eigenvalue weighted by molar-refractivity contribution is -0.137. The van der Waals surface area contributed by atoms with Crippen LogP contribution in [-0.2, 0) is 23.3 Å². The molecule has 3 aromatic heterocycles. The molecule has 3 aliphatic carbocycles. The number of isocyanates is 1. The highest BCUT2D eigenvalue weighted by Crippen LogP contribution is 2.43. The van der Waals surface area contributed by atoms with Gasteiger partial charge >= 0.3 is 30.6 Å². The molecule has 12 rings (SSSR count). The van der Waals surface area contributed by atoms with Gasteiger partial charge in [0.2, 0.25) is 6.08 Å². The summed E-state index contributed by atoms with van der Waals surface area (Å²) in [6, 6.07) is 19.1. The molecule has 81 heavy (non-hydrogen) atoms. The summed E-state index contributed by atoms with van der Waals surface area (Å²) in [5, 5.41) is 11.0. The maximum atomic E-state index is 13.3. The van der Waals surface area contributed by atoms with Crippen LogP contribution in [0.25, 0.3) is 32.7 Å². The Morgan fingerprint density at radius 2 is 0.889 bits per heavy atom. The number of hydrogen-bond acceptors (Lipinski definition) is 8. The van der Waals surface area contributed by atoms with Crippen LogP contribution in [0.1, 0.15) is 130 Å². The van der Waals surface area contributed by atoms with Gasteiger partial charge in [0.05, 0.1) is 39.3 Å². The van der Waals surface area contributed by atoms with E-state index in [4.69, 9.17) is 0 Å². The van der Waals surface area contributed by atoms with Crippen molar-refractivity contribution in [2.24, 2.45) is 22.7 Å². The number of rotatable bonds is 6. The van der Waals surface area contributed by atoms with E-state index in [0.29, 0.717) is 54.3 Å². The zero-order chi connectivity index (χ0) is 57.8. The fourth-order valence-electron chi connectivity index (χ4n) is 11.5. The van der Waals surface area contributed by atoms with E-state index < -0.39 is 35.2 Å². The summed E-state index contributed by atoms with van der Waals surface area (Å²) < 4.78 is 119. The summed E-state index contributed by atoms with van der Waals surface area (Å²) >= 11 is 0. The molecule has 0 spiro atoms. The molecule has 3 unspecified atom stereocenters. The first-order valence-corrected chi connectivity index (χ1v) is 27.8. The molecule has 3 saturated carbocycles. The Hall–Kier alpha value is -6.86. The van der Waals surface area contributed by atoms with E-state index in [0.717, 1.165) is 99.7 Å². The molecule has 6 fully saturated rings. The fourth-order valence-corrected chi connectivity index (χ4v) is 11.5. The SMILES string of the molecule is CC1CNCC(c2ccc(C(F)(F)F)c3ncccc23)C1.C[C@@H]1CC(c2ccc(C(F)(F)F)c3ncccc23)CN(C(=O)NC2CC2)C1.C[C@@H]1C[C@@H](c2ccc(C(F)(F)F)c3ncccc23)CN(C(=O)NC2CC2)C1.O=C=NC1CC1. The molecule has 6 atom stereocenters. The molecular weight excluding hydrogens is 1070 g/mol. The van der Waals surface area contributed by atoms with Gasteiger partial charge in [0.25, 0.3) is 0 Å². The third-order valence-electron chi connectivity index (χ3n) is 15.7. The number of benzene rings is 3. The summed E-state index contributed by atoms with van der Waals surface area (Å²) in [4.78, 5) is 53.4. The smallest absolute Gasteiger partial charge is 0.335 e. The summed E-state index contributed by atoms with van der Waals surface area (Å²) in [7, 11) is 0. The van der Waals surface area contributed by atoms with Gasteiger partial charge in [-0.15, -0.1) is 0 Å². The van der Waals surface area contributed by atoms with Gasteiger partial charge in [0.15, 0.2) is 0 Å². The number of urea groups is 2. The van der Waals surface area contributed by atoms with Crippen molar-refractivity contribution < 1.29 is 53.9 Å². The number of carbonyl (C=O) groups excluding carboxylic acids is 3. The molecule has 6 aromatic rings. The topological polar surface area (TPSA) is 145 Å². The molecule has 6 aliphatic rings. The van der Waals surface area contributed by atoms with Crippen LogP contribution >= 0.6 is 0 Å². The molecule has 0 bridgehead atoms. The summed E-state index contributed by atoms with van der Waals surface area (Å²) in [6.07, 6.45) is 1.38. The van der Waals surface area contributed by atoms with E-state index in [1.807, 2.05) is 0 Å². The Bertz CT molecular complexity index is 3100. The average Bonchev–Trinajstić information content (AvgIpc) is 4.34. The highest BCUT2D eigenvalue weighted by atomic mass is 19.4. The predicted molar refractivity (Wildman–Crippen MR) is 290 cm³/mol. The maximum Gasteiger partial charge on any atom is 0.418 e. The van der Waals surface area contributed by atoms with Gasteiger partial charge in [-0.2, -0.15) is 39.5 Å². The number of pyridine rings is 3. The minimum atomic E-state index is -4.44. The number of nitrogens with zero attached hydrogens (tertiary/aromatic N) is 6. The number of aliphatic imine (C=N–C) groups is 1. The molecule has 12 nitrogen and oxygen atoms in total. The fraction of sp³-hybridized carbons (Fsp3) is 0.500. The van der Waals surface area contributed by atoms with E-state index in [9.17, 15) is 53.9 Å². The highest BCUT2D eigenvalue weighted by molar-refractivity contribution is 5.88. The van der Waals surface area contributed by atoms with E-state index >= 15 is 0 Å². The van der Waals surface area contributed by atoms with Gasteiger partial charge in [-0.3, -0.25) is 15.0 Å². The maximum absolute atomic E-state index is 13.3. The molecule has 3 aromatic carbocycles. The van der Waals surface area contributed by atoms with Gasteiger partial charge in [-0.05, 0) is 141 Å². The van der Waals surface area contributed by atoms with Crippen LogP contribution in [0.2, 0.25) is 0 Å². The van der Waals surface area contributed by atoms with Gasteiger partial charge in [0.1, 0.15) is 0 Å². The van der Waals surface area contributed by atoms with Gasteiger partial charge in [-0.25, -0.2) is 19.4 Å². The Balaban J connectivity index is 0.000000140. The van der Waals surface area contributed by atoms with Crippen molar-refractivity contribution in [3.63, 3.8) is 0 Å². The minimum Gasteiger partial charge on any atom is -0.335 e. The molecule has 6 heterocycles. The number of carbonyl (C=O) groups is 2. The van der Waals surface area contributed by atoms with Gasteiger partial charge in [0, 0.05) is 91.4 Å². The van der Waals surface area contributed by atoms with Crippen LogP contribution in [0, 0.1) is 17.8 Å². The molecule has 4 amide bonds. The first-order chi connectivity index (χ1) is 38.5. The van der Waals surface area contributed by atoms with E-state index in [2.05, 4.69) is 56.7 Å². The second-order valence-corrected chi connectivity index (χ2v) is 22.8. The molecule has 3 aliphatic heterocycles. The van der Waals surface area contributed by atoms with Crippen molar-refractivity contribution in [1.82, 2.24) is 40.7 Å². The van der Waals surface area contributed by atoms with Crippen molar-refractivity contribution in [2.45, 2.75) is 133 Å². The monoisotopic (exact) mass is 1130 g/mol. The van der Waals surface area contributed by atoms with Crippen molar-refractivity contribution in [2.75, 3.05) is 39.3 Å². The number of alkyl halides is 9. The minimum absolute atomic E-state index is 0.00677. The Kier molecular flexibility index (Phi) is 17.9. The first kappa shape index (κ1) is 58.8. The zero-order valence-electron chi connectivity index (χ0n) is 45.3. The summed E-state index contributed by atoms with van der Waals surface area (Å²) in [6.45, 7) is 10.5. The second kappa shape index (κ2) is 24.7. The normalized spacial score (nSPS) is 23.2. The molecule has 21 heteroatoms. The number of hydrogen-bond donors (Lipinski definition) is 3. The van der Waals surface area contributed by atoms with Crippen molar-refractivity contribution >= 4 is 50.9 Å². The van der Waals surface area contributed by atoms with Crippen molar-refractivity contribution in [1.29, 1.82) is 0 Å². The third kappa shape index (κ3) is 15.0. The number of piperidine rings is 3. The molecular formula is C60H66F9N9O3. The quantitative estimate of drug-likeness (QED) is 0.0855. The van der Waals surface area contributed by atoms with Gasteiger partial charge < -0.3 is 25.8 Å².